The van der Waals surface area contributed by atoms with Crippen LogP contribution in [-0.2, 0) is 11.2 Å². The van der Waals surface area contributed by atoms with Crippen molar-refractivity contribution in [3.05, 3.63) is 35.9 Å². The molecule has 0 aliphatic rings. The third-order valence-corrected chi connectivity index (χ3v) is 2.39. The van der Waals surface area contributed by atoms with Crippen LogP contribution < -0.4 is 0 Å². The van der Waals surface area contributed by atoms with Crippen LogP contribution in [0.4, 0.5) is 17.6 Å². The van der Waals surface area contributed by atoms with Crippen LogP contribution in [0.5, 0.6) is 0 Å². The average molecular weight is 250 g/mol. The molecule has 1 aromatic carbocycles. The predicted molar refractivity (Wildman–Crippen MR) is 52.3 cm³/mol. The summed E-state index contributed by atoms with van der Waals surface area (Å²) in [6, 6.07) is 7.86. The number of alkyl halides is 4. The zero-order valence-corrected chi connectivity index (χ0v) is 8.67. The van der Waals surface area contributed by atoms with Gasteiger partial charge in [0.05, 0.1) is 0 Å². The van der Waals surface area contributed by atoms with Gasteiger partial charge >= 0.3 is 17.8 Å². The van der Waals surface area contributed by atoms with Crippen molar-refractivity contribution in [1.29, 1.82) is 0 Å². The number of aliphatic carboxylic acids is 1. The number of carboxylic acid groups (broad SMARTS) is 1. The van der Waals surface area contributed by atoms with E-state index in [-0.39, 0.29) is 6.42 Å². The minimum atomic E-state index is -5.41. The van der Waals surface area contributed by atoms with E-state index in [4.69, 9.17) is 5.11 Å². The van der Waals surface area contributed by atoms with E-state index in [1.54, 1.807) is 18.2 Å². The Morgan fingerprint density at radius 3 is 2.06 bits per heavy atom. The minimum Gasteiger partial charge on any atom is -0.479 e. The topological polar surface area (TPSA) is 37.3 Å². The molecule has 0 spiro atoms. The fraction of sp³-hybridized carbons (Fsp3) is 0.364. The predicted octanol–water partition coefficient (Wildman–Crippen LogP) is 2.97. The molecule has 1 rings (SSSR count). The van der Waals surface area contributed by atoms with Crippen molar-refractivity contribution in [2.45, 2.75) is 24.7 Å². The van der Waals surface area contributed by atoms with E-state index in [0.717, 1.165) is 0 Å². The summed E-state index contributed by atoms with van der Waals surface area (Å²) in [4.78, 5) is 10.4. The molecule has 0 saturated carbocycles. The second-order valence-electron chi connectivity index (χ2n) is 3.59. The maximum Gasteiger partial charge on any atom is 0.433 e. The van der Waals surface area contributed by atoms with Gasteiger partial charge in [-0.05, 0) is 12.0 Å². The van der Waals surface area contributed by atoms with Gasteiger partial charge in [-0.15, -0.1) is 0 Å². The number of hydrogen-bond donors (Lipinski definition) is 1. The van der Waals surface area contributed by atoms with Crippen LogP contribution in [0, 0.1) is 0 Å². The Morgan fingerprint density at radius 2 is 1.65 bits per heavy atom. The molecule has 1 unspecified atom stereocenters. The molecule has 0 heterocycles. The van der Waals surface area contributed by atoms with E-state index in [9.17, 15) is 22.4 Å². The van der Waals surface area contributed by atoms with Gasteiger partial charge in [0.1, 0.15) is 0 Å². The lowest BCUT2D eigenvalue weighted by Crippen LogP contribution is -2.48. The SMILES string of the molecule is O=C(O)C(F)(CCc1ccccc1)C(F)(F)F. The van der Waals surface area contributed by atoms with Crippen LogP contribution in [0.2, 0.25) is 0 Å². The molecule has 0 aliphatic heterocycles. The van der Waals surface area contributed by atoms with Crippen LogP contribution in [0.3, 0.4) is 0 Å². The highest BCUT2D eigenvalue weighted by Gasteiger charge is 2.61. The molecular weight excluding hydrogens is 240 g/mol. The normalized spacial score (nSPS) is 15.3. The van der Waals surface area contributed by atoms with Crippen molar-refractivity contribution in [2.24, 2.45) is 0 Å². The zero-order chi connectivity index (χ0) is 13.1. The van der Waals surface area contributed by atoms with Crippen LogP contribution in [-0.4, -0.2) is 22.9 Å². The highest BCUT2D eigenvalue weighted by molar-refractivity contribution is 5.78. The Balaban J connectivity index is 2.80. The van der Waals surface area contributed by atoms with E-state index in [1.807, 2.05) is 0 Å². The summed E-state index contributed by atoms with van der Waals surface area (Å²) in [6.45, 7) is 0. The molecule has 0 saturated heterocycles. The van der Waals surface area contributed by atoms with Gasteiger partial charge in [-0.2, -0.15) is 13.2 Å². The lowest BCUT2D eigenvalue weighted by molar-refractivity contribution is -0.237. The third-order valence-electron chi connectivity index (χ3n) is 2.39. The maximum absolute atomic E-state index is 13.4. The van der Waals surface area contributed by atoms with Crippen LogP contribution in [0.1, 0.15) is 12.0 Å². The lowest BCUT2D eigenvalue weighted by Gasteiger charge is -2.23. The Morgan fingerprint density at radius 1 is 1.12 bits per heavy atom. The first-order valence-electron chi connectivity index (χ1n) is 4.80. The first kappa shape index (κ1) is 13.5. The highest BCUT2D eigenvalue weighted by Crippen LogP contribution is 2.37. The summed E-state index contributed by atoms with van der Waals surface area (Å²) in [5.41, 5.74) is -3.73. The monoisotopic (exact) mass is 250 g/mol. The quantitative estimate of drug-likeness (QED) is 0.834. The minimum absolute atomic E-state index is 0.289. The van der Waals surface area contributed by atoms with E-state index in [2.05, 4.69) is 0 Å². The second kappa shape index (κ2) is 4.73. The van der Waals surface area contributed by atoms with E-state index >= 15 is 0 Å². The zero-order valence-electron chi connectivity index (χ0n) is 8.67. The number of aryl methyl sites for hydroxylation is 1. The van der Waals surface area contributed by atoms with E-state index < -0.39 is 24.2 Å². The molecule has 17 heavy (non-hydrogen) atoms. The third kappa shape index (κ3) is 2.95. The second-order valence-corrected chi connectivity index (χ2v) is 3.59. The largest absolute Gasteiger partial charge is 0.479 e. The van der Waals surface area contributed by atoms with Gasteiger partial charge in [-0.25, -0.2) is 9.18 Å². The molecule has 2 nitrogen and oxygen atoms in total. The molecule has 1 N–H and O–H groups in total. The van der Waals surface area contributed by atoms with Crippen molar-refractivity contribution in [2.75, 3.05) is 0 Å². The van der Waals surface area contributed by atoms with Gasteiger partial charge in [0.2, 0.25) is 0 Å². The number of benzene rings is 1. The van der Waals surface area contributed by atoms with Crippen molar-refractivity contribution < 1.29 is 27.5 Å². The van der Waals surface area contributed by atoms with Gasteiger partial charge in [0, 0.05) is 6.42 Å². The van der Waals surface area contributed by atoms with Gasteiger partial charge < -0.3 is 5.11 Å². The van der Waals surface area contributed by atoms with Crippen LogP contribution in [0.25, 0.3) is 0 Å². The highest BCUT2D eigenvalue weighted by atomic mass is 19.4. The van der Waals surface area contributed by atoms with Gasteiger partial charge in [-0.3, -0.25) is 0 Å². The van der Waals surface area contributed by atoms with E-state index in [1.165, 1.54) is 12.1 Å². The smallest absolute Gasteiger partial charge is 0.433 e. The van der Waals surface area contributed by atoms with Gasteiger partial charge in [-0.1, -0.05) is 30.3 Å². The molecule has 0 aliphatic carbocycles. The van der Waals surface area contributed by atoms with Gasteiger partial charge in [0.25, 0.3) is 0 Å². The molecule has 0 fully saturated rings. The Hall–Kier alpha value is -1.59. The molecule has 0 amide bonds. The molecular formula is C11H10F4O2. The summed E-state index contributed by atoms with van der Waals surface area (Å²) < 4.78 is 50.3. The van der Waals surface area contributed by atoms with E-state index in [0.29, 0.717) is 5.56 Å². The fourth-order valence-electron chi connectivity index (χ4n) is 1.33. The molecule has 6 heteroatoms. The molecule has 0 radical (unpaired) electrons. The Labute approximate surface area is 94.9 Å². The number of hydrogen-bond acceptors (Lipinski definition) is 1. The molecule has 0 aromatic heterocycles. The van der Waals surface area contributed by atoms with Crippen molar-refractivity contribution in [3.63, 3.8) is 0 Å². The van der Waals surface area contributed by atoms with Gasteiger partial charge in [0.15, 0.2) is 0 Å². The van der Waals surface area contributed by atoms with Crippen LogP contribution >= 0.6 is 0 Å². The number of halogens is 4. The Bertz CT molecular complexity index is 388. The summed E-state index contributed by atoms with van der Waals surface area (Å²) in [5.74, 6) is -2.50. The van der Waals surface area contributed by atoms with Crippen molar-refractivity contribution in [3.8, 4) is 0 Å². The first-order valence-corrected chi connectivity index (χ1v) is 4.80. The standard InChI is InChI=1S/C11H10F4O2/c12-10(9(16)17,11(13,14)15)7-6-8-4-2-1-3-5-8/h1-5H,6-7H2,(H,16,17). The molecule has 0 bridgehead atoms. The summed E-state index contributed by atoms with van der Waals surface area (Å²) in [6.07, 6.45) is -6.83. The van der Waals surface area contributed by atoms with Crippen molar-refractivity contribution in [1.82, 2.24) is 0 Å². The number of rotatable bonds is 4. The molecule has 1 atom stereocenters. The maximum atomic E-state index is 13.4. The molecule has 94 valence electrons. The molecule has 1 aromatic rings. The average Bonchev–Trinajstić information content (AvgIpc) is 2.25. The van der Waals surface area contributed by atoms with Crippen molar-refractivity contribution >= 4 is 5.97 Å². The first-order chi connectivity index (χ1) is 7.77. The number of carbonyl (C=O) groups is 1. The van der Waals surface area contributed by atoms with Crippen LogP contribution in [0.15, 0.2) is 30.3 Å². The summed E-state index contributed by atoms with van der Waals surface area (Å²) in [5, 5.41) is 8.35. The summed E-state index contributed by atoms with van der Waals surface area (Å²) >= 11 is 0. The fourth-order valence-corrected chi connectivity index (χ4v) is 1.33. The summed E-state index contributed by atoms with van der Waals surface area (Å²) in [7, 11) is 0. The lowest BCUT2D eigenvalue weighted by atomic mass is 9.96. The Kier molecular flexibility index (Phi) is 3.75. The number of carboxylic acids is 1.